The number of carboxylic acid groups (broad SMARTS) is 1. The van der Waals surface area contributed by atoms with Crippen LogP contribution in [-0.2, 0) is 4.79 Å². The second-order valence-electron chi connectivity index (χ2n) is 3.64. The van der Waals surface area contributed by atoms with Crippen molar-refractivity contribution >= 4 is 17.7 Å². The van der Waals surface area contributed by atoms with Crippen molar-refractivity contribution in [3.8, 4) is 5.82 Å². The van der Waals surface area contributed by atoms with Gasteiger partial charge in [0.2, 0.25) is 0 Å². The molecule has 2 aromatic heterocycles. The van der Waals surface area contributed by atoms with E-state index in [0.717, 1.165) is 17.2 Å². The summed E-state index contributed by atoms with van der Waals surface area (Å²) in [6.07, 6.45) is -2.00. The number of aromatic nitrogens is 4. The predicted molar refractivity (Wildman–Crippen MR) is 60.8 cm³/mol. The van der Waals surface area contributed by atoms with E-state index in [-0.39, 0.29) is 5.82 Å². The highest BCUT2D eigenvalue weighted by Crippen LogP contribution is 2.23. The van der Waals surface area contributed by atoms with Crippen LogP contribution < -0.4 is 5.32 Å². The molecule has 0 saturated carbocycles. The highest BCUT2D eigenvalue weighted by molar-refractivity contribution is 6.01. The molecule has 11 heteroatoms. The smallest absolute Gasteiger partial charge is 0.471 e. The third-order valence-corrected chi connectivity index (χ3v) is 2.27. The second-order valence-corrected chi connectivity index (χ2v) is 3.64. The number of hydrogen-bond donors (Lipinski definition) is 2. The number of carbonyl (C=O) groups is 2. The summed E-state index contributed by atoms with van der Waals surface area (Å²) in [5, 5.41) is 14.0. The number of halogens is 3. The molecule has 21 heavy (non-hydrogen) atoms. The Kier molecular flexibility index (Phi) is 3.56. The van der Waals surface area contributed by atoms with Gasteiger partial charge in [0.1, 0.15) is 11.9 Å². The summed E-state index contributed by atoms with van der Waals surface area (Å²) in [6.45, 7) is 0. The zero-order valence-electron chi connectivity index (χ0n) is 10.00. The van der Waals surface area contributed by atoms with Gasteiger partial charge in [0, 0.05) is 12.3 Å². The zero-order chi connectivity index (χ0) is 15.6. The Balaban J connectivity index is 2.49. The van der Waals surface area contributed by atoms with Crippen molar-refractivity contribution < 1.29 is 27.9 Å². The average Bonchev–Trinajstić information content (AvgIpc) is 2.82. The van der Waals surface area contributed by atoms with Crippen LogP contribution >= 0.6 is 0 Å². The molecule has 0 unspecified atom stereocenters. The third-order valence-electron chi connectivity index (χ3n) is 2.27. The van der Waals surface area contributed by atoms with Crippen molar-refractivity contribution in [2.45, 2.75) is 6.18 Å². The quantitative estimate of drug-likeness (QED) is 0.870. The van der Waals surface area contributed by atoms with E-state index in [1.54, 1.807) is 0 Å². The van der Waals surface area contributed by atoms with Crippen molar-refractivity contribution in [2.24, 2.45) is 0 Å². The topological polar surface area (TPSA) is 110 Å². The first-order chi connectivity index (χ1) is 9.80. The molecule has 0 radical (unpaired) electrons. The number of carbonyl (C=O) groups excluding carboxylic acids is 1. The Labute approximate surface area is 114 Å². The molecule has 110 valence electrons. The van der Waals surface area contributed by atoms with Crippen molar-refractivity contribution in [2.75, 3.05) is 5.32 Å². The first kappa shape index (κ1) is 14.4. The molecule has 0 aliphatic carbocycles. The van der Waals surface area contributed by atoms with Crippen LogP contribution in [0.5, 0.6) is 0 Å². The van der Waals surface area contributed by atoms with E-state index in [1.807, 2.05) is 0 Å². The molecule has 0 spiro atoms. The number of nitrogens with zero attached hydrogens (tertiary/aromatic N) is 4. The third kappa shape index (κ3) is 2.96. The summed E-state index contributed by atoms with van der Waals surface area (Å²) >= 11 is 0. The first-order valence-electron chi connectivity index (χ1n) is 5.26. The highest BCUT2D eigenvalue weighted by atomic mass is 19.4. The summed E-state index contributed by atoms with van der Waals surface area (Å²) in [4.78, 5) is 29.3. The van der Waals surface area contributed by atoms with Crippen LogP contribution in [0.3, 0.4) is 0 Å². The van der Waals surface area contributed by atoms with Crippen molar-refractivity contribution in [1.29, 1.82) is 0 Å². The normalized spacial score (nSPS) is 11.2. The van der Waals surface area contributed by atoms with Crippen LogP contribution in [-0.4, -0.2) is 42.9 Å². The highest BCUT2D eigenvalue weighted by Gasteiger charge is 2.40. The molecule has 2 rings (SSSR count). The molecule has 0 aromatic carbocycles. The lowest BCUT2D eigenvalue weighted by atomic mass is 10.3. The van der Waals surface area contributed by atoms with E-state index in [0.29, 0.717) is 0 Å². The minimum Gasteiger partial charge on any atom is -0.477 e. The number of nitrogens with one attached hydrogen (secondary N) is 1. The Morgan fingerprint density at radius 2 is 2.05 bits per heavy atom. The van der Waals surface area contributed by atoms with Gasteiger partial charge in [-0.1, -0.05) is 0 Å². The molecule has 0 saturated heterocycles. The second kappa shape index (κ2) is 5.19. The first-order valence-corrected chi connectivity index (χ1v) is 5.26. The van der Waals surface area contributed by atoms with Gasteiger partial charge >= 0.3 is 18.1 Å². The largest absolute Gasteiger partial charge is 0.477 e. The van der Waals surface area contributed by atoms with Gasteiger partial charge in [-0.05, 0) is 0 Å². The lowest BCUT2D eigenvalue weighted by molar-refractivity contribution is -0.167. The molecule has 0 aliphatic rings. The van der Waals surface area contributed by atoms with Gasteiger partial charge in [-0.2, -0.15) is 23.0 Å². The molecule has 0 atom stereocenters. The predicted octanol–water partition coefficient (Wildman–Crippen LogP) is 0.861. The number of aromatic carboxylic acids is 1. The number of rotatable bonds is 3. The van der Waals surface area contributed by atoms with Gasteiger partial charge in [-0.15, -0.1) is 0 Å². The number of anilines is 1. The van der Waals surface area contributed by atoms with Gasteiger partial charge in [0.25, 0.3) is 0 Å². The van der Waals surface area contributed by atoms with Gasteiger partial charge in [0.05, 0.1) is 6.20 Å². The van der Waals surface area contributed by atoms with Crippen molar-refractivity contribution in [3.05, 3.63) is 30.4 Å². The fourth-order valence-electron chi connectivity index (χ4n) is 1.39. The summed E-state index contributed by atoms with van der Waals surface area (Å²) in [5.41, 5.74) is -0.605. The fraction of sp³-hybridized carbons (Fsp3) is 0.100. The summed E-state index contributed by atoms with van der Waals surface area (Å²) in [5.74, 6) is -4.52. The minimum absolute atomic E-state index is 0.00465. The van der Waals surface area contributed by atoms with Crippen LogP contribution in [0.2, 0.25) is 0 Å². The van der Waals surface area contributed by atoms with Crippen LogP contribution in [0.15, 0.2) is 24.8 Å². The van der Waals surface area contributed by atoms with Gasteiger partial charge in [0.15, 0.2) is 11.6 Å². The van der Waals surface area contributed by atoms with Crippen LogP contribution in [0, 0.1) is 0 Å². The van der Waals surface area contributed by atoms with Crippen molar-refractivity contribution in [1.82, 2.24) is 19.7 Å². The standard InChI is InChI=1S/C10H6F3N5O3/c11-10(12,13)9(21)17-7-5(8(19)20)3-16-18(7)6-1-2-14-4-15-6/h1-4H,(H,17,21)(H,19,20). The van der Waals surface area contributed by atoms with E-state index in [9.17, 15) is 22.8 Å². The van der Waals surface area contributed by atoms with Gasteiger partial charge in [-0.25, -0.2) is 14.8 Å². The molecule has 2 aromatic rings. The molecule has 8 nitrogen and oxygen atoms in total. The maximum atomic E-state index is 12.3. The van der Waals surface area contributed by atoms with Crippen LogP contribution in [0.25, 0.3) is 5.82 Å². The van der Waals surface area contributed by atoms with E-state index < -0.39 is 29.4 Å². The molecular weight excluding hydrogens is 295 g/mol. The SMILES string of the molecule is O=C(O)c1cnn(-c2ccncn2)c1NC(=O)C(F)(F)F. The molecule has 2 heterocycles. The number of amides is 1. The summed E-state index contributed by atoms with van der Waals surface area (Å²) < 4.78 is 37.6. The summed E-state index contributed by atoms with van der Waals surface area (Å²) in [7, 11) is 0. The number of hydrogen-bond acceptors (Lipinski definition) is 5. The van der Waals surface area contributed by atoms with E-state index in [1.165, 1.54) is 17.6 Å². The van der Waals surface area contributed by atoms with E-state index in [4.69, 9.17) is 5.11 Å². The maximum absolute atomic E-state index is 12.3. The average molecular weight is 301 g/mol. The number of alkyl halides is 3. The fourth-order valence-corrected chi connectivity index (χ4v) is 1.39. The van der Waals surface area contributed by atoms with Gasteiger partial charge < -0.3 is 10.4 Å². The van der Waals surface area contributed by atoms with Crippen molar-refractivity contribution in [3.63, 3.8) is 0 Å². The van der Waals surface area contributed by atoms with Crippen LogP contribution in [0.1, 0.15) is 10.4 Å². The van der Waals surface area contributed by atoms with E-state index in [2.05, 4.69) is 15.1 Å². The molecule has 1 amide bonds. The number of carboxylic acids is 1. The Hall–Kier alpha value is -2.98. The zero-order valence-corrected chi connectivity index (χ0v) is 10.00. The Morgan fingerprint density at radius 1 is 1.33 bits per heavy atom. The molecule has 2 N–H and O–H groups in total. The molecule has 0 fully saturated rings. The molecule has 0 bridgehead atoms. The maximum Gasteiger partial charge on any atom is 0.471 e. The van der Waals surface area contributed by atoms with Gasteiger partial charge in [-0.3, -0.25) is 4.79 Å². The molecular formula is C10H6F3N5O3. The Bertz CT molecular complexity index is 683. The lowest BCUT2D eigenvalue weighted by Crippen LogP contribution is -2.31. The summed E-state index contributed by atoms with van der Waals surface area (Å²) in [6, 6.07) is 1.28. The van der Waals surface area contributed by atoms with Crippen LogP contribution in [0.4, 0.5) is 19.0 Å². The minimum atomic E-state index is -5.17. The van der Waals surface area contributed by atoms with E-state index >= 15 is 0 Å². The lowest BCUT2D eigenvalue weighted by Gasteiger charge is -2.10. The monoisotopic (exact) mass is 301 g/mol. The molecule has 0 aliphatic heterocycles. The Morgan fingerprint density at radius 3 is 2.57 bits per heavy atom.